The minimum atomic E-state index is 0.0345. The van der Waals surface area contributed by atoms with Crippen molar-refractivity contribution in [1.29, 1.82) is 0 Å². The molecule has 2 nitrogen and oxygen atoms in total. The topological polar surface area (TPSA) is 34.1 Å². The average molecular weight is 449 g/mol. The average Bonchev–Trinajstić information content (AvgIpc) is 3.12. The fraction of sp³-hybridized carbons (Fsp3) is 0.412. The Morgan fingerprint density at radius 1 is 0.880 bits per heavy atom. The molecule has 0 aromatic carbocycles. The first-order valence-corrected chi connectivity index (χ1v) is 13.1. The largest absolute Gasteiger partial charge is 0.282 e. The van der Waals surface area contributed by atoms with E-state index in [4.69, 9.17) is 0 Å². The van der Waals surface area contributed by atoms with Crippen molar-refractivity contribution in [1.82, 2.24) is 0 Å². The monoisotopic (exact) mass is 448 g/mol. The van der Waals surface area contributed by atoms with Crippen molar-refractivity contribution in [3.63, 3.8) is 0 Å². The number of allylic oxidation sites excluding steroid dienone is 2. The standard InChI is InChI=1S/C17H20O2S6/c1-5-14(18)20-8-12-10(3)22-16(24-12)7-17-23-11(4)13(25-17)9-21-15(19)6-2/h5-6,16-17H,1-2,7-9H2,3-4H3. The molecule has 0 spiro atoms. The third-order valence-electron chi connectivity index (χ3n) is 3.36. The fourth-order valence-electron chi connectivity index (χ4n) is 2.07. The van der Waals surface area contributed by atoms with Crippen LogP contribution in [0.3, 0.4) is 0 Å². The molecule has 0 aromatic rings. The lowest BCUT2D eigenvalue weighted by Gasteiger charge is -2.14. The van der Waals surface area contributed by atoms with E-state index in [2.05, 4.69) is 27.0 Å². The number of hydrogen-bond acceptors (Lipinski definition) is 8. The molecule has 2 rings (SSSR count). The van der Waals surface area contributed by atoms with Crippen LogP contribution in [-0.2, 0) is 9.59 Å². The molecule has 0 aliphatic carbocycles. The lowest BCUT2D eigenvalue weighted by molar-refractivity contribution is -0.107. The van der Waals surface area contributed by atoms with Gasteiger partial charge in [-0.1, -0.05) is 36.7 Å². The highest BCUT2D eigenvalue weighted by Crippen LogP contribution is 2.54. The molecular formula is C17H20O2S6. The highest BCUT2D eigenvalue weighted by Gasteiger charge is 2.31. The van der Waals surface area contributed by atoms with Gasteiger partial charge < -0.3 is 0 Å². The van der Waals surface area contributed by atoms with Crippen LogP contribution >= 0.6 is 70.6 Å². The first kappa shape index (κ1) is 21.7. The predicted molar refractivity (Wildman–Crippen MR) is 123 cm³/mol. The molecule has 2 unspecified atom stereocenters. The zero-order valence-electron chi connectivity index (χ0n) is 14.1. The van der Waals surface area contributed by atoms with Gasteiger partial charge in [-0.3, -0.25) is 9.59 Å². The molecule has 0 saturated heterocycles. The fourth-order valence-corrected chi connectivity index (χ4v) is 10.7. The van der Waals surface area contributed by atoms with Gasteiger partial charge in [0.15, 0.2) is 0 Å². The van der Waals surface area contributed by atoms with E-state index in [1.807, 2.05) is 47.0 Å². The van der Waals surface area contributed by atoms with Crippen molar-refractivity contribution < 1.29 is 9.59 Å². The quantitative estimate of drug-likeness (QED) is 0.398. The molecule has 0 radical (unpaired) electrons. The maximum atomic E-state index is 11.4. The van der Waals surface area contributed by atoms with Crippen LogP contribution in [0.25, 0.3) is 0 Å². The summed E-state index contributed by atoms with van der Waals surface area (Å²) in [6, 6.07) is 0. The highest BCUT2D eigenvalue weighted by atomic mass is 32.2. The summed E-state index contributed by atoms with van der Waals surface area (Å²) in [7, 11) is 0. The SMILES string of the molecule is C=CC(=O)SCC1=C(C)SC(CC2SC(C)=C(CSC(=O)C=C)S2)S1. The minimum absolute atomic E-state index is 0.0345. The maximum Gasteiger partial charge on any atom is 0.211 e. The van der Waals surface area contributed by atoms with Crippen molar-refractivity contribution in [2.24, 2.45) is 0 Å². The van der Waals surface area contributed by atoms with Gasteiger partial charge in [0, 0.05) is 21.3 Å². The first-order chi connectivity index (χ1) is 11.9. The lowest BCUT2D eigenvalue weighted by atomic mass is 10.5. The Balaban J connectivity index is 1.77. The molecular weight excluding hydrogens is 429 g/mol. The Morgan fingerprint density at radius 2 is 1.28 bits per heavy atom. The Kier molecular flexibility index (Phi) is 9.25. The highest BCUT2D eigenvalue weighted by molar-refractivity contribution is 8.26. The Labute approximate surface area is 175 Å². The van der Waals surface area contributed by atoms with Crippen LogP contribution in [0.1, 0.15) is 20.3 Å². The lowest BCUT2D eigenvalue weighted by Crippen LogP contribution is -2.03. The van der Waals surface area contributed by atoms with Gasteiger partial charge in [0.1, 0.15) is 0 Å². The third-order valence-corrected chi connectivity index (χ3v) is 11.4. The second kappa shape index (κ2) is 10.7. The summed E-state index contributed by atoms with van der Waals surface area (Å²) in [5.74, 6) is 1.50. The van der Waals surface area contributed by atoms with Gasteiger partial charge in [-0.2, -0.15) is 0 Å². The van der Waals surface area contributed by atoms with Crippen LogP contribution in [0.4, 0.5) is 0 Å². The van der Waals surface area contributed by atoms with Gasteiger partial charge in [-0.25, -0.2) is 0 Å². The molecule has 0 bridgehead atoms. The molecule has 25 heavy (non-hydrogen) atoms. The van der Waals surface area contributed by atoms with Gasteiger partial charge in [-0.05, 0) is 42.2 Å². The zero-order chi connectivity index (χ0) is 18.4. The van der Waals surface area contributed by atoms with Gasteiger partial charge in [0.25, 0.3) is 0 Å². The van der Waals surface area contributed by atoms with Crippen molar-refractivity contribution in [3.05, 3.63) is 44.9 Å². The summed E-state index contributed by atoms with van der Waals surface area (Å²) >= 11 is 10.3. The molecule has 0 saturated carbocycles. The van der Waals surface area contributed by atoms with E-state index in [0.29, 0.717) is 9.16 Å². The van der Waals surface area contributed by atoms with E-state index in [0.717, 1.165) is 17.9 Å². The van der Waals surface area contributed by atoms with Crippen LogP contribution < -0.4 is 0 Å². The second-order valence-corrected chi connectivity index (χ2v) is 13.1. The van der Waals surface area contributed by atoms with Crippen molar-refractivity contribution in [2.75, 3.05) is 11.5 Å². The molecule has 0 N–H and O–H groups in total. The van der Waals surface area contributed by atoms with E-state index < -0.39 is 0 Å². The Bertz CT molecular complexity index is 583. The first-order valence-electron chi connectivity index (χ1n) is 7.57. The molecule has 8 heteroatoms. The minimum Gasteiger partial charge on any atom is -0.282 e. The number of hydrogen-bond donors (Lipinski definition) is 0. The molecule has 2 atom stereocenters. The molecule has 0 aromatic heterocycles. The van der Waals surface area contributed by atoms with E-state index >= 15 is 0 Å². The van der Waals surface area contributed by atoms with Crippen LogP contribution in [0.15, 0.2) is 44.9 Å². The van der Waals surface area contributed by atoms with Crippen LogP contribution in [0.2, 0.25) is 0 Å². The Morgan fingerprint density at radius 3 is 1.64 bits per heavy atom. The van der Waals surface area contributed by atoms with E-state index in [1.54, 1.807) is 0 Å². The number of thioether (sulfide) groups is 6. The van der Waals surface area contributed by atoms with Crippen LogP contribution in [0, 0.1) is 0 Å². The third kappa shape index (κ3) is 6.81. The zero-order valence-corrected chi connectivity index (χ0v) is 19.0. The van der Waals surface area contributed by atoms with Gasteiger partial charge in [0.2, 0.25) is 10.2 Å². The second-order valence-electron chi connectivity index (χ2n) is 5.15. The smallest absolute Gasteiger partial charge is 0.211 e. The number of carbonyl (C=O) groups excluding carboxylic acids is 2. The molecule has 0 amide bonds. The van der Waals surface area contributed by atoms with E-state index in [-0.39, 0.29) is 10.2 Å². The molecule has 2 aliphatic heterocycles. The maximum absolute atomic E-state index is 11.4. The molecule has 2 heterocycles. The van der Waals surface area contributed by atoms with Gasteiger partial charge >= 0.3 is 0 Å². The predicted octanol–water partition coefficient (Wildman–Crippen LogP) is 6.34. The molecule has 136 valence electrons. The van der Waals surface area contributed by atoms with Crippen molar-refractivity contribution >= 4 is 80.8 Å². The summed E-state index contributed by atoms with van der Waals surface area (Å²) < 4.78 is 1.02. The number of rotatable bonds is 8. The van der Waals surface area contributed by atoms with Crippen LogP contribution in [0.5, 0.6) is 0 Å². The summed E-state index contributed by atoms with van der Waals surface area (Å²) in [4.78, 5) is 28.1. The summed E-state index contributed by atoms with van der Waals surface area (Å²) in [6.45, 7) is 11.3. The molecule has 0 fully saturated rings. The van der Waals surface area contributed by atoms with Gasteiger partial charge in [0.05, 0.1) is 9.16 Å². The summed E-state index contributed by atoms with van der Waals surface area (Å²) in [5, 5.41) is 0.0691. The summed E-state index contributed by atoms with van der Waals surface area (Å²) in [6.07, 6.45) is 3.86. The normalized spacial score (nSPS) is 23.3. The van der Waals surface area contributed by atoms with E-state index in [9.17, 15) is 9.59 Å². The van der Waals surface area contributed by atoms with Crippen LogP contribution in [-0.4, -0.2) is 30.9 Å². The molecule has 2 aliphatic rings. The van der Waals surface area contributed by atoms with Gasteiger partial charge in [-0.15, -0.1) is 47.0 Å². The Hall–Kier alpha value is 0.400. The van der Waals surface area contributed by atoms with Crippen molar-refractivity contribution in [2.45, 2.75) is 29.4 Å². The number of carbonyl (C=O) groups is 2. The van der Waals surface area contributed by atoms with E-state index in [1.165, 1.54) is 55.3 Å². The summed E-state index contributed by atoms with van der Waals surface area (Å²) in [5.41, 5.74) is 0. The van der Waals surface area contributed by atoms with Crippen molar-refractivity contribution in [3.8, 4) is 0 Å².